The zero-order chi connectivity index (χ0) is 20.8. The number of carbonyl (C=O) groups excluding carboxylic acids is 1. The number of fused-ring (bicyclic) bond motifs is 1. The standard InChI is InChI=1S/C20H14F3N5O/c1-12-17(6-14(9-26-12)20(21,22)23)27-11-15(7-24)28(19(27)29)18-10-25-8-13-4-2-3-5-16(13)18/h2-6,8-10,15H,11H2,1H3. The van der Waals surface area contributed by atoms with Crippen LogP contribution in [0.5, 0.6) is 0 Å². The van der Waals surface area contributed by atoms with Gasteiger partial charge in [-0.1, -0.05) is 24.3 Å². The zero-order valence-electron chi connectivity index (χ0n) is 15.2. The number of anilines is 2. The van der Waals surface area contributed by atoms with Gasteiger partial charge < -0.3 is 0 Å². The lowest BCUT2D eigenvalue weighted by molar-refractivity contribution is -0.137. The first kappa shape index (κ1) is 18.7. The highest BCUT2D eigenvalue weighted by Crippen LogP contribution is 2.36. The Bertz CT molecular complexity index is 1150. The van der Waals surface area contributed by atoms with Crippen molar-refractivity contribution < 1.29 is 18.0 Å². The predicted octanol–water partition coefficient (Wildman–Crippen LogP) is 4.30. The third-order valence-electron chi connectivity index (χ3n) is 4.84. The second kappa shape index (κ2) is 6.74. The number of pyridine rings is 2. The molecule has 3 aromatic rings. The predicted molar refractivity (Wildman–Crippen MR) is 100 cm³/mol. The zero-order valence-corrected chi connectivity index (χ0v) is 15.2. The normalized spacial score (nSPS) is 17.1. The number of nitrogens with zero attached hydrogens (tertiary/aromatic N) is 5. The summed E-state index contributed by atoms with van der Waals surface area (Å²) in [6, 6.07) is 8.72. The van der Waals surface area contributed by atoms with Crippen molar-refractivity contribution in [2.75, 3.05) is 16.3 Å². The summed E-state index contributed by atoms with van der Waals surface area (Å²) in [5, 5.41) is 11.1. The van der Waals surface area contributed by atoms with Gasteiger partial charge in [-0.15, -0.1) is 0 Å². The molecule has 6 nitrogen and oxygen atoms in total. The van der Waals surface area contributed by atoms with E-state index in [1.165, 1.54) is 18.0 Å². The number of hydrogen-bond acceptors (Lipinski definition) is 4. The van der Waals surface area contributed by atoms with Crippen molar-refractivity contribution in [2.24, 2.45) is 0 Å². The number of amides is 2. The summed E-state index contributed by atoms with van der Waals surface area (Å²) in [6.45, 7) is 1.44. The Balaban J connectivity index is 1.81. The number of aromatic nitrogens is 2. The van der Waals surface area contributed by atoms with E-state index in [2.05, 4.69) is 16.0 Å². The smallest absolute Gasteiger partial charge is 0.289 e. The minimum atomic E-state index is -4.59. The van der Waals surface area contributed by atoms with Gasteiger partial charge in [0.1, 0.15) is 6.04 Å². The van der Waals surface area contributed by atoms with E-state index in [1.807, 2.05) is 12.1 Å². The summed E-state index contributed by atoms with van der Waals surface area (Å²) in [6.07, 6.45) is -0.746. The number of hydrogen-bond donors (Lipinski definition) is 0. The molecule has 0 saturated carbocycles. The maximum atomic E-state index is 13.2. The van der Waals surface area contributed by atoms with E-state index in [0.29, 0.717) is 5.69 Å². The Labute approximate surface area is 163 Å². The molecule has 1 aliphatic rings. The third kappa shape index (κ3) is 3.12. The van der Waals surface area contributed by atoms with Crippen molar-refractivity contribution in [1.82, 2.24) is 9.97 Å². The van der Waals surface area contributed by atoms with Crippen LogP contribution in [-0.4, -0.2) is 28.6 Å². The molecule has 2 amide bonds. The number of urea groups is 1. The van der Waals surface area contributed by atoms with E-state index in [-0.39, 0.29) is 17.9 Å². The maximum Gasteiger partial charge on any atom is 0.417 e. The molecular formula is C20H14F3N5O. The van der Waals surface area contributed by atoms with Crippen LogP contribution in [0.4, 0.5) is 29.3 Å². The van der Waals surface area contributed by atoms with E-state index in [1.54, 1.807) is 18.3 Å². The number of aryl methyl sites for hydroxylation is 1. The van der Waals surface area contributed by atoms with E-state index < -0.39 is 23.8 Å². The molecule has 9 heteroatoms. The molecule has 0 radical (unpaired) electrons. The van der Waals surface area contributed by atoms with Gasteiger partial charge in [0.2, 0.25) is 0 Å². The largest absolute Gasteiger partial charge is 0.417 e. The van der Waals surface area contributed by atoms with Crippen LogP contribution in [-0.2, 0) is 6.18 Å². The van der Waals surface area contributed by atoms with E-state index in [0.717, 1.165) is 27.9 Å². The van der Waals surface area contributed by atoms with Gasteiger partial charge in [0.05, 0.1) is 41.4 Å². The van der Waals surface area contributed by atoms with Crippen LogP contribution in [0.1, 0.15) is 11.3 Å². The molecule has 0 spiro atoms. The number of carbonyl (C=O) groups is 1. The van der Waals surface area contributed by atoms with E-state index >= 15 is 0 Å². The molecular weight excluding hydrogens is 383 g/mol. The first-order valence-electron chi connectivity index (χ1n) is 8.68. The van der Waals surface area contributed by atoms with Crippen LogP contribution in [0.25, 0.3) is 10.8 Å². The van der Waals surface area contributed by atoms with E-state index in [4.69, 9.17) is 0 Å². The Kier molecular flexibility index (Phi) is 4.34. The summed E-state index contributed by atoms with van der Waals surface area (Å²) < 4.78 is 39.4. The Hall–Kier alpha value is -3.67. The number of nitriles is 1. The molecule has 1 unspecified atom stereocenters. The van der Waals surface area contributed by atoms with Gasteiger partial charge in [-0.25, -0.2) is 4.79 Å². The molecule has 3 heterocycles. The van der Waals surface area contributed by atoms with Crippen LogP contribution in [0.2, 0.25) is 0 Å². The molecule has 1 saturated heterocycles. The molecule has 2 aromatic heterocycles. The molecule has 0 bridgehead atoms. The van der Waals surface area contributed by atoms with Crippen LogP contribution < -0.4 is 9.80 Å². The van der Waals surface area contributed by atoms with Crippen molar-refractivity contribution >= 4 is 28.2 Å². The first-order chi connectivity index (χ1) is 13.8. The minimum Gasteiger partial charge on any atom is -0.289 e. The molecule has 1 aliphatic heterocycles. The number of benzene rings is 1. The molecule has 0 N–H and O–H groups in total. The molecule has 29 heavy (non-hydrogen) atoms. The third-order valence-corrected chi connectivity index (χ3v) is 4.84. The van der Waals surface area contributed by atoms with Gasteiger partial charge in [-0.05, 0) is 13.0 Å². The molecule has 1 fully saturated rings. The van der Waals surface area contributed by atoms with Crippen molar-refractivity contribution in [2.45, 2.75) is 19.1 Å². The molecule has 4 rings (SSSR count). The second-order valence-electron chi connectivity index (χ2n) is 6.61. The second-order valence-corrected chi connectivity index (χ2v) is 6.61. The molecule has 1 atom stereocenters. The molecule has 0 aliphatic carbocycles. The highest BCUT2D eigenvalue weighted by molar-refractivity contribution is 6.11. The summed E-state index contributed by atoms with van der Waals surface area (Å²) in [5.41, 5.74) is -0.230. The lowest BCUT2D eigenvalue weighted by Gasteiger charge is -2.22. The van der Waals surface area contributed by atoms with Gasteiger partial charge in [0.15, 0.2) is 0 Å². The number of halogens is 3. The van der Waals surface area contributed by atoms with Gasteiger partial charge >= 0.3 is 12.2 Å². The van der Waals surface area contributed by atoms with Crippen molar-refractivity contribution in [3.05, 3.63) is 60.2 Å². The fourth-order valence-corrected chi connectivity index (χ4v) is 3.41. The Morgan fingerprint density at radius 1 is 1.17 bits per heavy atom. The number of rotatable bonds is 2. The highest BCUT2D eigenvalue weighted by atomic mass is 19.4. The highest BCUT2D eigenvalue weighted by Gasteiger charge is 2.41. The fourth-order valence-electron chi connectivity index (χ4n) is 3.41. The van der Waals surface area contributed by atoms with Crippen molar-refractivity contribution in [3.63, 3.8) is 0 Å². The summed E-state index contributed by atoms with van der Waals surface area (Å²) in [5.74, 6) is 0. The van der Waals surface area contributed by atoms with E-state index in [9.17, 15) is 23.2 Å². The lowest BCUT2D eigenvalue weighted by Crippen LogP contribution is -2.35. The first-order valence-corrected chi connectivity index (χ1v) is 8.68. The monoisotopic (exact) mass is 397 g/mol. The minimum absolute atomic E-state index is 0.0285. The quantitative estimate of drug-likeness (QED) is 0.646. The Morgan fingerprint density at radius 2 is 1.93 bits per heavy atom. The molecule has 1 aromatic carbocycles. The summed E-state index contributed by atoms with van der Waals surface area (Å²) in [4.78, 5) is 23.6. The fraction of sp³-hybridized carbons (Fsp3) is 0.200. The van der Waals surface area contributed by atoms with Gasteiger partial charge in [0.25, 0.3) is 0 Å². The SMILES string of the molecule is Cc1ncc(C(F)(F)F)cc1N1CC(C#N)N(c2cncc3ccccc23)C1=O. The average Bonchev–Trinajstić information content (AvgIpc) is 3.03. The average molecular weight is 397 g/mol. The van der Waals surface area contributed by atoms with Crippen LogP contribution in [0.3, 0.4) is 0 Å². The molecule has 146 valence electrons. The Morgan fingerprint density at radius 3 is 2.66 bits per heavy atom. The lowest BCUT2D eigenvalue weighted by atomic mass is 10.1. The van der Waals surface area contributed by atoms with Gasteiger partial charge in [0, 0.05) is 23.2 Å². The summed E-state index contributed by atoms with van der Waals surface area (Å²) >= 11 is 0. The summed E-state index contributed by atoms with van der Waals surface area (Å²) in [7, 11) is 0. The van der Waals surface area contributed by atoms with Crippen molar-refractivity contribution in [3.8, 4) is 6.07 Å². The number of alkyl halides is 3. The van der Waals surface area contributed by atoms with Gasteiger partial charge in [-0.2, -0.15) is 18.4 Å². The van der Waals surface area contributed by atoms with Crippen LogP contribution >= 0.6 is 0 Å². The van der Waals surface area contributed by atoms with Crippen LogP contribution in [0, 0.1) is 18.3 Å². The van der Waals surface area contributed by atoms with Crippen molar-refractivity contribution in [1.29, 1.82) is 5.26 Å². The maximum absolute atomic E-state index is 13.2. The van der Waals surface area contributed by atoms with Gasteiger partial charge in [-0.3, -0.25) is 19.8 Å². The van der Waals surface area contributed by atoms with Crippen LogP contribution in [0.15, 0.2) is 48.9 Å². The topological polar surface area (TPSA) is 73.1 Å².